The molecule has 0 atom stereocenters. The normalized spacial score (nSPS) is 10.7. The third-order valence-corrected chi connectivity index (χ3v) is 3.64. The van der Waals surface area contributed by atoms with E-state index in [1.807, 2.05) is 6.07 Å². The molecule has 0 radical (unpaired) electrons. The van der Waals surface area contributed by atoms with E-state index in [0.29, 0.717) is 12.1 Å². The lowest BCUT2D eigenvalue weighted by Crippen LogP contribution is -2.14. The Labute approximate surface area is 122 Å². The predicted molar refractivity (Wildman–Crippen MR) is 80.6 cm³/mol. The number of nitrogens with one attached hydrogen (secondary N) is 1. The second-order valence-corrected chi connectivity index (χ2v) is 5.68. The fraction of sp³-hybridized carbons (Fsp3) is 0.250. The summed E-state index contributed by atoms with van der Waals surface area (Å²) >= 11 is 3.36. The first kappa shape index (κ1) is 14.2. The number of aryl methyl sites for hydroxylation is 2. The maximum absolute atomic E-state index is 13.6. The van der Waals surface area contributed by atoms with E-state index in [4.69, 9.17) is 0 Å². The molecule has 0 bridgehead atoms. The Morgan fingerprint density at radius 1 is 1.00 bits per heavy atom. The molecule has 2 aromatic rings. The van der Waals surface area contributed by atoms with Gasteiger partial charge in [-0.25, -0.2) is 4.39 Å². The van der Waals surface area contributed by atoms with Crippen molar-refractivity contribution >= 4 is 15.9 Å². The first-order valence-electron chi connectivity index (χ1n) is 6.27. The molecule has 0 unspecified atom stereocenters. The van der Waals surface area contributed by atoms with Crippen LogP contribution in [0.3, 0.4) is 0 Å². The Morgan fingerprint density at radius 3 is 2.53 bits per heavy atom. The molecule has 0 aromatic heterocycles. The van der Waals surface area contributed by atoms with Gasteiger partial charge in [0.2, 0.25) is 0 Å². The number of rotatable bonds is 4. The van der Waals surface area contributed by atoms with E-state index in [2.05, 4.69) is 53.3 Å². The van der Waals surface area contributed by atoms with Crippen LogP contribution in [0, 0.1) is 19.7 Å². The quantitative estimate of drug-likeness (QED) is 0.874. The standard InChI is InChI=1S/C16H17BrFN/c1-11-3-4-12(2)13(7-11)9-19-10-14-8-15(17)5-6-16(14)18/h3-8,19H,9-10H2,1-2H3. The maximum atomic E-state index is 13.6. The van der Waals surface area contributed by atoms with Crippen LogP contribution < -0.4 is 5.32 Å². The van der Waals surface area contributed by atoms with Crippen LogP contribution >= 0.6 is 15.9 Å². The van der Waals surface area contributed by atoms with Gasteiger partial charge in [0, 0.05) is 23.1 Å². The van der Waals surface area contributed by atoms with Crippen LogP contribution in [-0.2, 0) is 13.1 Å². The summed E-state index contributed by atoms with van der Waals surface area (Å²) < 4.78 is 14.5. The summed E-state index contributed by atoms with van der Waals surface area (Å²) in [5.74, 6) is -0.170. The second kappa shape index (κ2) is 6.31. The monoisotopic (exact) mass is 321 g/mol. The molecule has 0 heterocycles. The van der Waals surface area contributed by atoms with Gasteiger partial charge in [-0.1, -0.05) is 39.7 Å². The lowest BCUT2D eigenvalue weighted by atomic mass is 10.1. The van der Waals surface area contributed by atoms with Crippen LogP contribution in [0.1, 0.15) is 22.3 Å². The van der Waals surface area contributed by atoms with Gasteiger partial charge in [-0.05, 0) is 43.2 Å². The average Bonchev–Trinajstić information content (AvgIpc) is 2.38. The van der Waals surface area contributed by atoms with Gasteiger partial charge in [0.25, 0.3) is 0 Å². The van der Waals surface area contributed by atoms with E-state index in [1.165, 1.54) is 22.8 Å². The van der Waals surface area contributed by atoms with Crippen LogP contribution in [0.4, 0.5) is 4.39 Å². The van der Waals surface area contributed by atoms with Crippen molar-refractivity contribution < 1.29 is 4.39 Å². The molecule has 0 aliphatic carbocycles. The largest absolute Gasteiger partial charge is 0.309 e. The third-order valence-electron chi connectivity index (χ3n) is 3.14. The van der Waals surface area contributed by atoms with Crippen LogP contribution in [0.25, 0.3) is 0 Å². The summed E-state index contributed by atoms with van der Waals surface area (Å²) in [4.78, 5) is 0. The molecule has 0 saturated carbocycles. The molecule has 0 amide bonds. The molecule has 0 fully saturated rings. The average molecular weight is 322 g/mol. The summed E-state index contributed by atoms with van der Waals surface area (Å²) in [5.41, 5.74) is 4.44. The summed E-state index contributed by atoms with van der Waals surface area (Å²) in [5, 5.41) is 3.29. The van der Waals surface area contributed by atoms with Crippen molar-refractivity contribution in [2.75, 3.05) is 0 Å². The number of halogens is 2. The van der Waals surface area contributed by atoms with Crippen molar-refractivity contribution in [1.29, 1.82) is 0 Å². The van der Waals surface area contributed by atoms with Crippen molar-refractivity contribution in [3.63, 3.8) is 0 Å². The highest BCUT2D eigenvalue weighted by Gasteiger charge is 2.03. The summed E-state index contributed by atoms with van der Waals surface area (Å²) in [6.45, 7) is 5.45. The number of benzene rings is 2. The zero-order valence-corrected chi connectivity index (χ0v) is 12.7. The van der Waals surface area contributed by atoms with E-state index in [1.54, 1.807) is 6.07 Å². The molecule has 2 rings (SSSR count). The van der Waals surface area contributed by atoms with Gasteiger partial charge in [-0.3, -0.25) is 0 Å². The Morgan fingerprint density at radius 2 is 1.74 bits per heavy atom. The molecule has 0 saturated heterocycles. The smallest absolute Gasteiger partial charge is 0.127 e. The van der Waals surface area contributed by atoms with Crippen molar-refractivity contribution in [2.24, 2.45) is 0 Å². The highest BCUT2D eigenvalue weighted by molar-refractivity contribution is 9.10. The number of hydrogen-bond donors (Lipinski definition) is 1. The minimum Gasteiger partial charge on any atom is -0.309 e. The van der Waals surface area contributed by atoms with Crippen LogP contribution in [0.2, 0.25) is 0 Å². The fourth-order valence-corrected chi connectivity index (χ4v) is 2.41. The Bertz CT molecular complexity index is 529. The topological polar surface area (TPSA) is 12.0 Å². The van der Waals surface area contributed by atoms with E-state index < -0.39 is 0 Å². The maximum Gasteiger partial charge on any atom is 0.127 e. The minimum absolute atomic E-state index is 0.170. The second-order valence-electron chi connectivity index (χ2n) is 4.77. The van der Waals surface area contributed by atoms with E-state index >= 15 is 0 Å². The third kappa shape index (κ3) is 3.88. The van der Waals surface area contributed by atoms with Crippen molar-refractivity contribution in [3.8, 4) is 0 Å². The molecule has 19 heavy (non-hydrogen) atoms. The fourth-order valence-electron chi connectivity index (χ4n) is 2.00. The van der Waals surface area contributed by atoms with E-state index in [-0.39, 0.29) is 5.82 Å². The highest BCUT2D eigenvalue weighted by Crippen LogP contribution is 2.16. The van der Waals surface area contributed by atoms with Crippen molar-refractivity contribution in [3.05, 3.63) is 68.9 Å². The van der Waals surface area contributed by atoms with Gasteiger partial charge < -0.3 is 5.32 Å². The van der Waals surface area contributed by atoms with Gasteiger partial charge >= 0.3 is 0 Å². The summed E-state index contributed by atoms with van der Waals surface area (Å²) in [7, 11) is 0. The predicted octanol–water partition coefficient (Wildman–Crippen LogP) is 4.49. The van der Waals surface area contributed by atoms with Crippen LogP contribution in [-0.4, -0.2) is 0 Å². The van der Waals surface area contributed by atoms with E-state index in [0.717, 1.165) is 11.0 Å². The Hall–Kier alpha value is -1.19. The molecule has 0 aliphatic heterocycles. The van der Waals surface area contributed by atoms with Crippen LogP contribution in [0.15, 0.2) is 40.9 Å². The lowest BCUT2D eigenvalue weighted by molar-refractivity contribution is 0.587. The molecule has 1 N–H and O–H groups in total. The van der Waals surface area contributed by atoms with Gasteiger partial charge in [0.05, 0.1) is 0 Å². The van der Waals surface area contributed by atoms with Gasteiger partial charge in [-0.15, -0.1) is 0 Å². The molecular weight excluding hydrogens is 305 g/mol. The lowest BCUT2D eigenvalue weighted by Gasteiger charge is -2.10. The first-order chi connectivity index (χ1) is 9.06. The Kier molecular flexibility index (Phi) is 4.72. The van der Waals surface area contributed by atoms with Crippen molar-refractivity contribution in [2.45, 2.75) is 26.9 Å². The molecule has 3 heteroatoms. The molecule has 0 aliphatic rings. The van der Waals surface area contributed by atoms with Gasteiger partial charge in [0.1, 0.15) is 5.82 Å². The van der Waals surface area contributed by atoms with Crippen molar-refractivity contribution in [1.82, 2.24) is 5.32 Å². The first-order valence-corrected chi connectivity index (χ1v) is 7.06. The molecule has 0 spiro atoms. The van der Waals surface area contributed by atoms with E-state index in [9.17, 15) is 4.39 Å². The molecule has 1 nitrogen and oxygen atoms in total. The summed E-state index contributed by atoms with van der Waals surface area (Å²) in [6.07, 6.45) is 0. The Balaban J connectivity index is 2.00. The molecule has 100 valence electrons. The number of hydrogen-bond acceptors (Lipinski definition) is 1. The van der Waals surface area contributed by atoms with Gasteiger partial charge in [0.15, 0.2) is 0 Å². The molecule has 2 aromatic carbocycles. The summed E-state index contributed by atoms with van der Waals surface area (Å²) in [6, 6.07) is 11.4. The zero-order valence-electron chi connectivity index (χ0n) is 11.1. The molecular formula is C16H17BrFN. The van der Waals surface area contributed by atoms with Crippen LogP contribution in [0.5, 0.6) is 0 Å². The SMILES string of the molecule is Cc1ccc(C)c(CNCc2cc(Br)ccc2F)c1. The highest BCUT2D eigenvalue weighted by atomic mass is 79.9. The minimum atomic E-state index is -0.170. The zero-order chi connectivity index (χ0) is 13.8. The van der Waals surface area contributed by atoms with Gasteiger partial charge in [-0.2, -0.15) is 0 Å².